The van der Waals surface area contributed by atoms with E-state index >= 15 is 0 Å². The Balaban J connectivity index is 1.49. The summed E-state index contributed by atoms with van der Waals surface area (Å²) < 4.78 is 17.8. The number of aromatic nitrogens is 1. The van der Waals surface area contributed by atoms with E-state index in [9.17, 15) is 0 Å². The lowest BCUT2D eigenvalue weighted by Gasteiger charge is -2.19. The van der Waals surface area contributed by atoms with Gasteiger partial charge in [0.1, 0.15) is 11.5 Å². The fourth-order valence-corrected chi connectivity index (χ4v) is 4.96. The number of ether oxygens (including phenoxy) is 2. The van der Waals surface area contributed by atoms with Gasteiger partial charge in [0.05, 0.1) is 19.2 Å². The zero-order chi connectivity index (χ0) is 22.3. The first kappa shape index (κ1) is 21.1. The van der Waals surface area contributed by atoms with Gasteiger partial charge in [0.25, 0.3) is 0 Å². The summed E-state index contributed by atoms with van der Waals surface area (Å²) in [5, 5.41) is 4.76. The summed E-state index contributed by atoms with van der Waals surface area (Å²) in [6.45, 7) is 10.6. The zero-order valence-corrected chi connectivity index (χ0v) is 19.6. The van der Waals surface area contributed by atoms with Crippen molar-refractivity contribution in [3.8, 4) is 23.0 Å². The number of hydrogen-bond acceptors (Lipinski definition) is 6. The largest absolute Gasteiger partial charge is 0.493 e. The average Bonchev–Trinajstić information content (AvgIpc) is 3.49. The van der Waals surface area contributed by atoms with E-state index in [0.717, 1.165) is 64.7 Å². The number of benzene rings is 1. The van der Waals surface area contributed by atoms with E-state index in [1.165, 1.54) is 31.5 Å². The van der Waals surface area contributed by atoms with Crippen LogP contribution < -0.4 is 14.8 Å². The van der Waals surface area contributed by atoms with E-state index < -0.39 is 0 Å². The van der Waals surface area contributed by atoms with E-state index in [4.69, 9.17) is 18.9 Å². The maximum absolute atomic E-state index is 6.17. The van der Waals surface area contributed by atoms with Crippen molar-refractivity contribution >= 4 is 16.6 Å². The van der Waals surface area contributed by atoms with Crippen LogP contribution in [0.3, 0.4) is 0 Å². The Hall–Kier alpha value is -2.73. The van der Waals surface area contributed by atoms with Crippen LogP contribution in [0.5, 0.6) is 11.5 Å². The third-order valence-electron chi connectivity index (χ3n) is 6.50. The molecule has 1 fully saturated rings. The fourth-order valence-electron chi connectivity index (χ4n) is 4.96. The maximum atomic E-state index is 6.17. The number of anilines is 1. The van der Waals surface area contributed by atoms with Crippen molar-refractivity contribution in [1.29, 1.82) is 0 Å². The van der Waals surface area contributed by atoms with Gasteiger partial charge in [-0.1, -0.05) is 0 Å². The normalized spacial score (nSPS) is 17.5. The summed E-state index contributed by atoms with van der Waals surface area (Å²) in [7, 11) is 1.70. The van der Waals surface area contributed by atoms with E-state index in [2.05, 4.69) is 30.1 Å². The van der Waals surface area contributed by atoms with Gasteiger partial charge >= 0.3 is 0 Å². The number of rotatable bonds is 7. The van der Waals surface area contributed by atoms with Crippen LogP contribution in [0.4, 0.5) is 5.69 Å². The van der Waals surface area contributed by atoms with Crippen molar-refractivity contribution < 1.29 is 13.9 Å². The van der Waals surface area contributed by atoms with Crippen LogP contribution in [0.1, 0.15) is 44.4 Å². The Bertz CT molecular complexity index is 1130. The predicted octanol–water partition coefficient (Wildman–Crippen LogP) is 5.42. The minimum Gasteiger partial charge on any atom is -0.493 e. The molecular formula is C26H33N3O3. The van der Waals surface area contributed by atoms with Gasteiger partial charge in [-0.25, -0.2) is 4.98 Å². The highest BCUT2D eigenvalue weighted by Crippen LogP contribution is 2.45. The zero-order valence-electron chi connectivity index (χ0n) is 19.6. The minimum atomic E-state index is -0.0489. The van der Waals surface area contributed by atoms with Crippen molar-refractivity contribution in [2.45, 2.75) is 52.0 Å². The number of nitrogens with one attached hydrogen (secondary N) is 1. The summed E-state index contributed by atoms with van der Waals surface area (Å²) in [4.78, 5) is 7.56. The summed E-state index contributed by atoms with van der Waals surface area (Å²) in [5.74, 6) is 3.19. The second-order valence-corrected chi connectivity index (χ2v) is 9.68. The van der Waals surface area contributed by atoms with Gasteiger partial charge in [0.2, 0.25) is 0 Å². The number of methoxy groups -OCH3 is 1. The highest BCUT2D eigenvalue weighted by Gasteiger charge is 2.33. The van der Waals surface area contributed by atoms with Crippen molar-refractivity contribution in [2.24, 2.45) is 0 Å². The molecule has 32 heavy (non-hydrogen) atoms. The molecule has 1 saturated heterocycles. The Kier molecular flexibility index (Phi) is 5.49. The molecule has 0 radical (unpaired) electrons. The Morgan fingerprint density at radius 1 is 1.16 bits per heavy atom. The van der Waals surface area contributed by atoms with Crippen molar-refractivity contribution in [3.05, 3.63) is 35.6 Å². The van der Waals surface area contributed by atoms with Gasteiger partial charge in [-0.2, -0.15) is 0 Å². The molecule has 0 unspecified atom stereocenters. The minimum absolute atomic E-state index is 0.0489. The summed E-state index contributed by atoms with van der Waals surface area (Å²) >= 11 is 0. The third-order valence-corrected chi connectivity index (χ3v) is 6.50. The van der Waals surface area contributed by atoms with E-state index in [-0.39, 0.29) is 5.54 Å². The van der Waals surface area contributed by atoms with Crippen LogP contribution in [0.2, 0.25) is 0 Å². The first-order valence-electron chi connectivity index (χ1n) is 11.7. The number of aryl methyl sites for hydroxylation is 1. The number of hydrogen-bond donors (Lipinski definition) is 1. The predicted molar refractivity (Wildman–Crippen MR) is 128 cm³/mol. The van der Waals surface area contributed by atoms with E-state index in [0.29, 0.717) is 6.61 Å². The molecule has 0 aliphatic carbocycles. The molecule has 6 heteroatoms. The number of fused-ring (bicyclic) bond motifs is 3. The van der Waals surface area contributed by atoms with Gasteiger partial charge in [-0.05, 0) is 77.7 Å². The van der Waals surface area contributed by atoms with Gasteiger partial charge in [0.15, 0.2) is 17.3 Å². The lowest BCUT2D eigenvalue weighted by molar-refractivity contribution is 0.254. The molecule has 170 valence electrons. The molecule has 0 atom stereocenters. The van der Waals surface area contributed by atoms with Crippen molar-refractivity contribution in [1.82, 2.24) is 9.88 Å². The lowest BCUT2D eigenvalue weighted by Crippen LogP contribution is -2.27. The molecule has 5 rings (SSSR count). The standard InChI is InChI=1S/C26H33N3O3/c1-17-8-9-21(32-17)25-19-16-26(2,3)28-24(19)18-14-22(30-4)23(15-20(18)27-25)31-13-7-12-29-10-5-6-11-29/h8-9,14-15,28H,5-7,10-13,16H2,1-4H3. The summed E-state index contributed by atoms with van der Waals surface area (Å²) in [6.07, 6.45) is 4.53. The van der Waals surface area contributed by atoms with E-state index in [1.807, 2.05) is 25.1 Å². The van der Waals surface area contributed by atoms with Gasteiger partial charge in [-0.3, -0.25) is 0 Å². The van der Waals surface area contributed by atoms with Gasteiger partial charge in [0, 0.05) is 34.8 Å². The quantitative estimate of drug-likeness (QED) is 0.500. The monoisotopic (exact) mass is 435 g/mol. The first-order chi connectivity index (χ1) is 15.4. The van der Waals surface area contributed by atoms with Crippen molar-refractivity contribution in [3.63, 3.8) is 0 Å². The number of furan rings is 1. The van der Waals surface area contributed by atoms with Crippen LogP contribution in [-0.2, 0) is 6.42 Å². The summed E-state index contributed by atoms with van der Waals surface area (Å²) in [6, 6.07) is 8.07. The fraction of sp³-hybridized carbons (Fsp3) is 0.500. The van der Waals surface area contributed by atoms with Crippen LogP contribution in [0.25, 0.3) is 22.4 Å². The molecule has 2 aliphatic rings. The smallest absolute Gasteiger partial charge is 0.163 e. The molecule has 6 nitrogen and oxygen atoms in total. The maximum Gasteiger partial charge on any atom is 0.163 e. The highest BCUT2D eigenvalue weighted by molar-refractivity contribution is 5.99. The second kappa shape index (κ2) is 8.32. The Morgan fingerprint density at radius 2 is 1.97 bits per heavy atom. The number of pyridine rings is 1. The molecule has 0 saturated carbocycles. The molecule has 4 heterocycles. The molecular weight excluding hydrogens is 402 g/mol. The molecule has 1 N–H and O–H groups in total. The molecule has 1 aromatic carbocycles. The average molecular weight is 436 g/mol. The molecule has 3 aromatic rings. The van der Waals surface area contributed by atoms with Crippen LogP contribution in [-0.4, -0.2) is 48.8 Å². The van der Waals surface area contributed by atoms with E-state index in [1.54, 1.807) is 7.11 Å². The first-order valence-corrected chi connectivity index (χ1v) is 11.7. The lowest BCUT2D eigenvalue weighted by atomic mass is 9.97. The van der Waals surface area contributed by atoms with Crippen molar-refractivity contribution in [2.75, 3.05) is 38.7 Å². The molecule has 0 amide bonds. The molecule has 2 aromatic heterocycles. The highest BCUT2D eigenvalue weighted by atomic mass is 16.5. The van der Waals surface area contributed by atoms with Crippen LogP contribution in [0, 0.1) is 6.92 Å². The topological polar surface area (TPSA) is 59.8 Å². The Labute approximate surface area is 189 Å². The number of likely N-dealkylation sites (tertiary alicyclic amines) is 1. The molecule has 0 bridgehead atoms. The summed E-state index contributed by atoms with van der Waals surface area (Å²) in [5.41, 5.74) is 4.05. The second-order valence-electron chi connectivity index (χ2n) is 9.68. The van der Waals surface area contributed by atoms with Crippen LogP contribution >= 0.6 is 0 Å². The number of nitrogens with zero attached hydrogens (tertiary/aromatic N) is 2. The molecule has 2 aliphatic heterocycles. The van der Waals surface area contributed by atoms with Gasteiger partial charge in [-0.15, -0.1) is 0 Å². The third kappa shape index (κ3) is 4.04. The SMILES string of the molecule is COc1cc2c3c(c(-c4ccc(C)o4)nc2cc1OCCCN1CCCC1)CC(C)(C)N3. The van der Waals surface area contributed by atoms with Gasteiger partial charge < -0.3 is 24.1 Å². The van der Waals surface area contributed by atoms with Crippen LogP contribution in [0.15, 0.2) is 28.7 Å². The molecule has 0 spiro atoms. The Morgan fingerprint density at radius 3 is 2.69 bits per heavy atom.